The molecule has 1 aliphatic rings. The Kier molecular flexibility index (Phi) is 4.59. The van der Waals surface area contributed by atoms with Gasteiger partial charge in [0.25, 0.3) is 11.5 Å². The third-order valence-electron chi connectivity index (χ3n) is 4.61. The molecule has 0 spiro atoms. The number of aromatic amines is 1. The first-order valence-corrected chi connectivity index (χ1v) is 8.15. The van der Waals surface area contributed by atoms with Crippen LogP contribution in [0.4, 0.5) is 0 Å². The van der Waals surface area contributed by atoms with E-state index in [4.69, 9.17) is 5.73 Å². The molecule has 7 heteroatoms. The summed E-state index contributed by atoms with van der Waals surface area (Å²) in [5, 5.41) is 10.0. The summed E-state index contributed by atoms with van der Waals surface area (Å²) < 4.78 is 0. The van der Waals surface area contributed by atoms with Crippen LogP contribution in [0.1, 0.15) is 42.6 Å². The van der Waals surface area contributed by atoms with Crippen LogP contribution >= 0.6 is 0 Å². The molecule has 3 rings (SSSR count). The molecule has 4 N–H and O–H groups in total. The summed E-state index contributed by atoms with van der Waals surface area (Å²) in [6.07, 6.45) is 4.28. The number of nitrogens with zero attached hydrogens (tertiary/aromatic N) is 1. The highest BCUT2D eigenvalue weighted by Crippen LogP contribution is 2.24. The van der Waals surface area contributed by atoms with E-state index in [-0.39, 0.29) is 29.1 Å². The molecule has 0 aliphatic heterocycles. The smallest absolute Gasteiger partial charge is 0.272 e. The normalized spacial score (nSPS) is 21.2. The van der Waals surface area contributed by atoms with Gasteiger partial charge in [-0.3, -0.25) is 14.4 Å². The zero-order valence-corrected chi connectivity index (χ0v) is 13.2. The van der Waals surface area contributed by atoms with Crippen LogP contribution < -0.4 is 16.6 Å². The molecule has 7 nitrogen and oxygen atoms in total. The summed E-state index contributed by atoms with van der Waals surface area (Å²) in [5.41, 5.74) is 5.31. The Bertz CT molecular complexity index is 830. The number of aromatic nitrogens is 2. The largest absolute Gasteiger partial charge is 0.369 e. The lowest BCUT2D eigenvalue weighted by atomic mass is 9.94. The van der Waals surface area contributed by atoms with Crippen LogP contribution in [0.25, 0.3) is 10.8 Å². The number of primary amides is 1. The fourth-order valence-electron chi connectivity index (χ4n) is 3.35. The van der Waals surface area contributed by atoms with Gasteiger partial charge in [0.05, 0.1) is 11.3 Å². The monoisotopic (exact) mass is 328 g/mol. The highest BCUT2D eigenvalue weighted by molar-refractivity contribution is 6.04. The maximum atomic E-state index is 12.7. The van der Waals surface area contributed by atoms with Crippen molar-refractivity contribution in [1.82, 2.24) is 15.5 Å². The second-order valence-corrected chi connectivity index (χ2v) is 6.17. The fraction of sp³-hybridized carbons (Fsp3) is 0.412. The summed E-state index contributed by atoms with van der Waals surface area (Å²) in [6, 6.07) is 6.51. The quantitative estimate of drug-likeness (QED) is 0.731. The minimum atomic E-state index is -0.402. The topological polar surface area (TPSA) is 118 Å². The average molecular weight is 328 g/mol. The Labute approximate surface area is 138 Å². The van der Waals surface area contributed by atoms with Gasteiger partial charge in [0, 0.05) is 11.4 Å². The Hall–Kier alpha value is -2.70. The van der Waals surface area contributed by atoms with Gasteiger partial charge in [-0.2, -0.15) is 5.10 Å². The third-order valence-corrected chi connectivity index (χ3v) is 4.61. The molecule has 1 aliphatic carbocycles. The summed E-state index contributed by atoms with van der Waals surface area (Å²) in [4.78, 5) is 36.2. The van der Waals surface area contributed by atoms with Crippen LogP contribution in [0, 0.1) is 5.92 Å². The molecule has 1 aromatic heterocycles. The number of amides is 2. The van der Waals surface area contributed by atoms with Crippen molar-refractivity contribution in [3.05, 3.63) is 40.3 Å². The van der Waals surface area contributed by atoms with Gasteiger partial charge >= 0.3 is 0 Å². The zero-order valence-electron chi connectivity index (χ0n) is 13.2. The molecule has 1 heterocycles. The average Bonchev–Trinajstić information content (AvgIpc) is 2.81. The van der Waals surface area contributed by atoms with Crippen LogP contribution in [0.5, 0.6) is 0 Å². The van der Waals surface area contributed by atoms with E-state index in [2.05, 4.69) is 15.5 Å². The van der Waals surface area contributed by atoms with Crippen molar-refractivity contribution in [2.75, 3.05) is 0 Å². The third kappa shape index (κ3) is 3.15. The zero-order chi connectivity index (χ0) is 17.1. The van der Waals surface area contributed by atoms with E-state index in [9.17, 15) is 14.4 Å². The number of hydrogen-bond acceptors (Lipinski definition) is 4. The first-order valence-electron chi connectivity index (χ1n) is 8.15. The highest BCUT2D eigenvalue weighted by atomic mass is 16.2. The second-order valence-electron chi connectivity index (χ2n) is 6.17. The van der Waals surface area contributed by atoms with Gasteiger partial charge in [-0.1, -0.05) is 37.5 Å². The summed E-state index contributed by atoms with van der Waals surface area (Å²) in [7, 11) is 0. The lowest BCUT2D eigenvalue weighted by Crippen LogP contribution is -2.45. The van der Waals surface area contributed by atoms with Crippen LogP contribution in [0.2, 0.25) is 0 Å². The summed E-state index contributed by atoms with van der Waals surface area (Å²) in [5.74, 6) is -1.16. The Morgan fingerprint density at radius 2 is 1.83 bits per heavy atom. The molecule has 0 saturated heterocycles. The van der Waals surface area contributed by atoms with E-state index >= 15 is 0 Å². The molecule has 2 aromatic rings. The number of nitrogens with two attached hydrogens (primary N) is 1. The van der Waals surface area contributed by atoms with Gasteiger partial charge in [0.2, 0.25) is 5.91 Å². The van der Waals surface area contributed by atoms with Crippen LogP contribution in [0.3, 0.4) is 0 Å². The van der Waals surface area contributed by atoms with Crippen molar-refractivity contribution in [3.63, 3.8) is 0 Å². The minimum absolute atomic E-state index is 0.151. The van der Waals surface area contributed by atoms with Crippen LogP contribution in [0.15, 0.2) is 29.1 Å². The first kappa shape index (κ1) is 16.2. The standard InChI is InChI=1S/C17H20N4O3/c18-15(22)12-8-2-1-3-9-13(12)19-17(24)14-10-6-4-5-7-11(10)16(23)21-20-14/h4-7,12-13H,1-3,8-9H2,(H2,18,22)(H,19,24)(H,21,23)/t12-,13-/m0/s1. The summed E-state index contributed by atoms with van der Waals surface area (Å²) >= 11 is 0. The van der Waals surface area contributed by atoms with Gasteiger partial charge < -0.3 is 11.1 Å². The van der Waals surface area contributed by atoms with Crippen molar-refractivity contribution < 1.29 is 9.59 Å². The van der Waals surface area contributed by atoms with Gasteiger partial charge in [-0.05, 0) is 18.9 Å². The van der Waals surface area contributed by atoms with Gasteiger partial charge in [0.1, 0.15) is 0 Å². The van der Waals surface area contributed by atoms with Gasteiger partial charge in [-0.15, -0.1) is 0 Å². The number of carbonyl (C=O) groups is 2. The van der Waals surface area contributed by atoms with Crippen molar-refractivity contribution in [2.45, 2.75) is 38.1 Å². The highest BCUT2D eigenvalue weighted by Gasteiger charge is 2.30. The molecule has 24 heavy (non-hydrogen) atoms. The van der Waals surface area contributed by atoms with Crippen molar-refractivity contribution in [3.8, 4) is 0 Å². The van der Waals surface area contributed by atoms with Crippen molar-refractivity contribution in [2.24, 2.45) is 11.7 Å². The van der Waals surface area contributed by atoms with E-state index in [0.29, 0.717) is 23.6 Å². The number of fused-ring (bicyclic) bond motifs is 1. The number of hydrogen-bond donors (Lipinski definition) is 3. The molecule has 126 valence electrons. The summed E-state index contributed by atoms with van der Waals surface area (Å²) in [6.45, 7) is 0. The second kappa shape index (κ2) is 6.82. The molecule has 1 fully saturated rings. The number of nitrogens with one attached hydrogen (secondary N) is 2. The number of benzene rings is 1. The number of carbonyl (C=O) groups excluding carboxylic acids is 2. The first-order chi connectivity index (χ1) is 11.6. The minimum Gasteiger partial charge on any atom is -0.369 e. The van der Waals surface area contributed by atoms with E-state index in [1.54, 1.807) is 24.3 Å². The molecule has 0 unspecified atom stereocenters. The van der Waals surface area contributed by atoms with Crippen LogP contribution in [-0.4, -0.2) is 28.1 Å². The molecule has 1 aromatic carbocycles. The van der Waals surface area contributed by atoms with Crippen molar-refractivity contribution >= 4 is 22.6 Å². The number of rotatable bonds is 3. The molecule has 1 saturated carbocycles. The van der Waals surface area contributed by atoms with E-state index in [1.807, 2.05) is 0 Å². The SMILES string of the molecule is NC(=O)[C@H]1CCCCC[C@@H]1NC(=O)c1n[nH]c(=O)c2ccccc12. The lowest BCUT2D eigenvalue weighted by molar-refractivity contribution is -0.122. The molecular weight excluding hydrogens is 308 g/mol. The lowest BCUT2D eigenvalue weighted by Gasteiger charge is -2.23. The van der Waals surface area contributed by atoms with E-state index in [1.165, 1.54) is 0 Å². The Balaban J connectivity index is 1.90. The van der Waals surface area contributed by atoms with Crippen LogP contribution in [-0.2, 0) is 4.79 Å². The molecular formula is C17H20N4O3. The molecule has 0 bridgehead atoms. The fourth-order valence-corrected chi connectivity index (χ4v) is 3.35. The maximum Gasteiger partial charge on any atom is 0.272 e. The molecule has 2 amide bonds. The molecule has 0 radical (unpaired) electrons. The van der Waals surface area contributed by atoms with E-state index < -0.39 is 5.91 Å². The predicted molar refractivity (Wildman–Crippen MR) is 89.4 cm³/mol. The number of H-pyrrole nitrogens is 1. The van der Waals surface area contributed by atoms with Gasteiger partial charge in [-0.25, -0.2) is 5.10 Å². The molecule has 2 atom stereocenters. The Morgan fingerprint density at radius 3 is 2.58 bits per heavy atom. The van der Waals surface area contributed by atoms with Crippen molar-refractivity contribution in [1.29, 1.82) is 0 Å². The van der Waals surface area contributed by atoms with Gasteiger partial charge in [0.15, 0.2) is 5.69 Å². The predicted octanol–water partition coefficient (Wildman–Crippen LogP) is 1.09. The Morgan fingerprint density at radius 1 is 1.12 bits per heavy atom. The van der Waals surface area contributed by atoms with E-state index in [0.717, 1.165) is 19.3 Å². The maximum absolute atomic E-state index is 12.7.